The van der Waals surface area contributed by atoms with E-state index in [0.29, 0.717) is 0 Å². The molecule has 0 atom stereocenters. The summed E-state index contributed by atoms with van der Waals surface area (Å²) in [6.07, 6.45) is 6.97. The Bertz CT molecular complexity index is 143. The van der Waals surface area contributed by atoms with E-state index < -0.39 is 0 Å². The van der Waals surface area contributed by atoms with Crippen LogP contribution in [0.3, 0.4) is 0 Å². The van der Waals surface area contributed by atoms with Gasteiger partial charge < -0.3 is 0 Å². The van der Waals surface area contributed by atoms with Crippen molar-refractivity contribution in [1.82, 2.24) is 0 Å². The summed E-state index contributed by atoms with van der Waals surface area (Å²) in [5, 5.41) is 0.995. The van der Waals surface area contributed by atoms with Crippen LogP contribution in [0.5, 0.6) is 0 Å². The van der Waals surface area contributed by atoms with Crippen molar-refractivity contribution >= 4 is 15.9 Å². The van der Waals surface area contributed by atoms with Gasteiger partial charge in [0.2, 0.25) is 0 Å². The van der Waals surface area contributed by atoms with Gasteiger partial charge in [-0.05, 0) is 37.5 Å². The number of alkyl halides is 1. The molecule has 0 radical (unpaired) electrons. The first kappa shape index (κ1) is 10.3. The molecule has 0 nitrogen and oxygen atoms in total. The molecule has 70 valence electrons. The van der Waals surface area contributed by atoms with Crippen LogP contribution in [0.1, 0.15) is 39.0 Å². The van der Waals surface area contributed by atoms with E-state index in [2.05, 4.69) is 29.4 Å². The minimum atomic E-state index is 0.812. The fourth-order valence-corrected chi connectivity index (χ4v) is 2.55. The lowest BCUT2D eigenvalue weighted by molar-refractivity contribution is 0.296. The number of allylic oxidation sites excluding steroid dienone is 1. The second-order valence-electron chi connectivity index (χ2n) is 3.92. The van der Waals surface area contributed by atoms with Gasteiger partial charge in [-0.25, -0.2) is 0 Å². The monoisotopic (exact) mass is 230 g/mol. The topological polar surface area (TPSA) is 0 Å². The van der Waals surface area contributed by atoms with Gasteiger partial charge in [-0.2, -0.15) is 0 Å². The molecule has 0 bridgehead atoms. The Balaban J connectivity index is 2.30. The van der Waals surface area contributed by atoms with Gasteiger partial charge in [0, 0.05) is 5.33 Å². The zero-order valence-corrected chi connectivity index (χ0v) is 9.57. The predicted octanol–water partition coefficient (Wildman–Crippen LogP) is 4.15. The molecule has 0 heterocycles. The molecule has 0 aromatic heterocycles. The summed E-state index contributed by atoms with van der Waals surface area (Å²) < 4.78 is 0. The first-order chi connectivity index (χ1) is 5.77. The molecule has 0 saturated heterocycles. The van der Waals surface area contributed by atoms with Crippen LogP contribution in [0.4, 0.5) is 0 Å². The van der Waals surface area contributed by atoms with Gasteiger partial charge in [0.25, 0.3) is 0 Å². The highest BCUT2D eigenvalue weighted by Gasteiger charge is 2.20. The highest BCUT2D eigenvalue weighted by Crippen LogP contribution is 2.34. The maximum Gasteiger partial charge on any atom is 0.0241 e. The molecule has 1 fully saturated rings. The molecule has 0 amide bonds. The van der Waals surface area contributed by atoms with E-state index >= 15 is 0 Å². The summed E-state index contributed by atoms with van der Waals surface area (Å²) in [7, 11) is 0. The first-order valence-corrected chi connectivity index (χ1v) is 6.13. The van der Waals surface area contributed by atoms with Gasteiger partial charge >= 0.3 is 0 Å². The fraction of sp³-hybridized carbons (Fsp3) is 0.818. The van der Waals surface area contributed by atoms with Gasteiger partial charge in [-0.1, -0.05) is 41.4 Å². The summed E-state index contributed by atoms with van der Waals surface area (Å²) in [5.74, 6) is 1.82. The maximum atomic E-state index is 4.10. The average Bonchev–Trinajstić information content (AvgIpc) is 2.17. The van der Waals surface area contributed by atoms with Crippen molar-refractivity contribution in [1.29, 1.82) is 0 Å². The zero-order valence-electron chi connectivity index (χ0n) is 7.98. The SMILES string of the molecule is C=C(CBr)C1CCC(CC)CC1. The highest BCUT2D eigenvalue weighted by molar-refractivity contribution is 9.09. The summed E-state index contributed by atoms with van der Waals surface area (Å²) in [5.41, 5.74) is 1.41. The zero-order chi connectivity index (χ0) is 8.97. The van der Waals surface area contributed by atoms with Crippen LogP contribution < -0.4 is 0 Å². The van der Waals surface area contributed by atoms with E-state index in [9.17, 15) is 0 Å². The van der Waals surface area contributed by atoms with Crippen LogP contribution in [0.2, 0.25) is 0 Å². The third-order valence-corrected chi connectivity index (χ3v) is 3.89. The van der Waals surface area contributed by atoms with Gasteiger partial charge in [0.1, 0.15) is 0 Å². The lowest BCUT2D eigenvalue weighted by Gasteiger charge is -2.28. The summed E-state index contributed by atoms with van der Waals surface area (Å²) in [6, 6.07) is 0. The number of hydrogen-bond acceptors (Lipinski definition) is 0. The van der Waals surface area contributed by atoms with Gasteiger partial charge in [-0.15, -0.1) is 0 Å². The largest absolute Gasteiger partial charge is 0.0987 e. The van der Waals surface area contributed by atoms with Crippen molar-refractivity contribution in [2.45, 2.75) is 39.0 Å². The van der Waals surface area contributed by atoms with Crippen molar-refractivity contribution in [2.75, 3.05) is 5.33 Å². The van der Waals surface area contributed by atoms with E-state index in [-0.39, 0.29) is 0 Å². The Kier molecular flexibility index (Phi) is 4.34. The Morgan fingerprint density at radius 1 is 1.33 bits per heavy atom. The van der Waals surface area contributed by atoms with Crippen LogP contribution in [0.25, 0.3) is 0 Å². The second kappa shape index (κ2) is 5.06. The molecule has 1 aliphatic rings. The normalized spacial score (nSPS) is 30.2. The van der Waals surface area contributed by atoms with E-state index in [1.165, 1.54) is 37.7 Å². The van der Waals surface area contributed by atoms with Crippen molar-refractivity contribution in [3.05, 3.63) is 12.2 Å². The van der Waals surface area contributed by atoms with E-state index in [1.807, 2.05) is 0 Å². The van der Waals surface area contributed by atoms with E-state index in [0.717, 1.165) is 17.2 Å². The number of rotatable bonds is 3. The first-order valence-electron chi connectivity index (χ1n) is 5.01. The molecule has 1 aliphatic carbocycles. The minimum absolute atomic E-state index is 0.812. The Labute approximate surface area is 84.6 Å². The van der Waals surface area contributed by atoms with Crippen LogP contribution in [-0.2, 0) is 0 Å². The smallest absolute Gasteiger partial charge is 0.0241 e. The highest BCUT2D eigenvalue weighted by atomic mass is 79.9. The van der Waals surface area contributed by atoms with E-state index in [1.54, 1.807) is 0 Å². The Hall–Kier alpha value is 0.220. The summed E-state index contributed by atoms with van der Waals surface area (Å²) in [6.45, 7) is 6.41. The maximum absolute atomic E-state index is 4.10. The molecule has 0 aromatic carbocycles. The molecule has 0 aliphatic heterocycles. The fourth-order valence-electron chi connectivity index (χ4n) is 2.09. The third kappa shape index (κ3) is 2.62. The molecule has 0 aromatic rings. The average molecular weight is 231 g/mol. The lowest BCUT2D eigenvalue weighted by atomic mass is 9.78. The Morgan fingerprint density at radius 3 is 2.33 bits per heavy atom. The third-order valence-electron chi connectivity index (χ3n) is 3.17. The van der Waals surface area contributed by atoms with E-state index in [4.69, 9.17) is 0 Å². The van der Waals surface area contributed by atoms with Crippen LogP contribution in [0, 0.1) is 11.8 Å². The van der Waals surface area contributed by atoms with Crippen molar-refractivity contribution in [2.24, 2.45) is 11.8 Å². The molecular formula is C11H19Br. The minimum Gasteiger partial charge on any atom is -0.0987 e. The number of hydrogen-bond donors (Lipinski definition) is 0. The van der Waals surface area contributed by atoms with Crippen molar-refractivity contribution in [3.63, 3.8) is 0 Å². The molecule has 1 saturated carbocycles. The Morgan fingerprint density at radius 2 is 1.92 bits per heavy atom. The summed E-state index contributed by atoms with van der Waals surface area (Å²) in [4.78, 5) is 0. The van der Waals surface area contributed by atoms with Gasteiger partial charge in [-0.3, -0.25) is 0 Å². The number of halogens is 1. The lowest BCUT2D eigenvalue weighted by Crippen LogP contribution is -2.15. The predicted molar refractivity (Wildman–Crippen MR) is 58.7 cm³/mol. The molecular weight excluding hydrogens is 212 g/mol. The van der Waals surface area contributed by atoms with Crippen LogP contribution in [0.15, 0.2) is 12.2 Å². The second-order valence-corrected chi connectivity index (χ2v) is 4.48. The standard InChI is InChI=1S/C11H19Br/c1-3-10-4-6-11(7-5-10)9(2)8-12/h10-11H,2-8H2,1H3. The molecule has 12 heavy (non-hydrogen) atoms. The molecule has 0 unspecified atom stereocenters. The molecule has 1 rings (SSSR count). The van der Waals surface area contributed by atoms with Crippen LogP contribution in [-0.4, -0.2) is 5.33 Å². The van der Waals surface area contributed by atoms with Crippen molar-refractivity contribution < 1.29 is 0 Å². The quantitative estimate of drug-likeness (QED) is 0.505. The molecule has 0 spiro atoms. The van der Waals surface area contributed by atoms with Crippen LogP contribution >= 0.6 is 15.9 Å². The van der Waals surface area contributed by atoms with Gasteiger partial charge in [0.05, 0.1) is 0 Å². The molecule has 1 heteroatoms. The van der Waals surface area contributed by atoms with Crippen molar-refractivity contribution in [3.8, 4) is 0 Å². The van der Waals surface area contributed by atoms with Gasteiger partial charge in [0.15, 0.2) is 0 Å². The molecule has 0 N–H and O–H groups in total. The summed E-state index contributed by atoms with van der Waals surface area (Å²) >= 11 is 3.48.